The SMILES string of the molecule is CC(CC=Cc1ccccc1)C1CC=CCC(C)C1CC=Cc1ccccc1. The summed E-state index contributed by atoms with van der Waals surface area (Å²) < 4.78 is 0. The molecule has 146 valence electrons. The first kappa shape index (κ1) is 20.4. The highest BCUT2D eigenvalue weighted by Gasteiger charge is 2.29. The number of hydrogen-bond donors (Lipinski definition) is 0. The molecule has 0 spiro atoms. The van der Waals surface area contributed by atoms with Crippen molar-refractivity contribution >= 4 is 12.2 Å². The van der Waals surface area contributed by atoms with Crippen LogP contribution in [0, 0.1) is 23.7 Å². The summed E-state index contributed by atoms with van der Waals surface area (Å²) in [5.41, 5.74) is 2.60. The normalized spacial score (nSPS) is 23.9. The van der Waals surface area contributed by atoms with E-state index in [4.69, 9.17) is 0 Å². The molecule has 1 aliphatic carbocycles. The van der Waals surface area contributed by atoms with Crippen molar-refractivity contribution in [2.75, 3.05) is 0 Å². The molecule has 0 saturated heterocycles. The van der Waals surface area contributed by atoms with Crippen LogP contribution in [0.5, 0.6) is 0 Å². The van der Waals surface area contributed by atoms with Crippen LogP contribution in [0.25, 0.3) is 12.2 Å². The van der Waals surface area contributed by atoms with Crippen LogP contribution in [0.1, 0.15) is 50.7 Å². The average molecular weight is 371 g/mol. The second-order valence-corrected chi connectivity index (χ2v) is 8.32. The highest BCUT2D eigenvalue weighted by Crippen LogP contribution is 2.39. The molecule has 0 nitrogen and oxygen atoms in total. The maximum absolute atomic E-state index is 2.44. The van der Waals surface area contributed by atoms with Gasteiger partial charge in [-0.25, -0.2) is 0 Å². The first-order valence-corrected chi connectivity index (χ1v) is 10.8. The van der Waals surface area contributed by atoms with E-state index in [0.29, 0.717) is 5.92 Å². The third-order valence-electron chi connectivity index (χ3n) is 6.23. The van der Waals surface area contributed by atoms with Crippen molar-refractivity contribution in [2.24, 2.45) is 23.7 Å². The zero-order valence-corrected chi connectivity index (χ0v) is 17.4. The molecule has 0 N–H and O–H groups in total. The molecule has 0 amide bonds. The topological polar surface area (TPSA) is 0 Å². The van der Waals surface area contributed by atoms with Gasteiger partial charge in [-0.1, -0.05) is 111 Å². The molecule has 0 heterocycles. The smallest absolute Gasteiger partial charge is 0.0260 e. The third kappa shape index (κ3) is 6.09. The van der Waals surface area contributed by atoms with Gasteiger partial charge < -0.3 is 0 Å². The first-order chi connectivity index (χ1) is 13.7. The molecule has 28 heavy (non-hydrogen) atoms. The highest BCUT2D eigenvalue weighted by atomic mass is 14.3. The molecule has 0 fully saturated rings. The third-order valence-corrected chi connectivity index (χ3v) is 6.23. The van der Waals surface area contributed by atoms with Gasteiger partial charge >= 0.3 is 0 Å². The van der Waals surface area contributed by atoms with E-state index in [-0.39, 0.29) is 0 Å². The Hall–Kier alpha value is -2.34. The molecule has 0 bridgehead atoms. The molecule has 0 aliphatic heterocycles. The highest BCUT2D eigenvalue weighted by molar-refractivity contribution is 5.49. The fourth-order valence-corrected chi connectivity index (χ4v) is 4.48. The Bertz CT molecular complexity index is 766. The molecule has 4 atom stereocenters. The Morgan fingerprint density at radius 2 is 1.39 bits per heavy atom. The van der Waals surface area contributed by atoms with Gasteiger partial charge in [0, 0.05) is 0 Å². The molecule has 1 aliphatic rings. The van der Waals surface area contributed by atoms with Crippen molar-refractivity contribution in [3.63, 3.8) is 0 Å². The Balaban J connectivity index is 1.64. The number of rotatable bonds is 7. The maximum atomic E-state index is 2.44. The van der Waals surface area contributed by atoms with Gasteiger partial charge in [0.15, 0.2) is 0 Å². The summed E-state index contributed by atoms with van der Waals surface area (Å²) in [4.78, 5) is 0. The lowest BCUT2D eigenvalue weighted by Crippen LogP contribution is -2.25. The quantitative estimate of drug-likeness (QED) is 0.432. The summed E-state index contributed by atoms with van der Waals surface area (Å²) in [7, 11) is 0. The predicted octanol–water partition coefficient (Wildman–Crippen LogP) is 8.05. The van der Waals surface area contributed by atoms with Crippen LogP contribution in [0.4, 0.5) is 0 Å². The van der Waals surface area contributed by atoms with Crippen molar-refractivity contribution in [2.45, 2.75) is 39.5 Å². The minimum absolute atomic E-state index is 0.695. The van der Waals surface area contributed by atoms with E-state index in [0.717, 1.165) is 24.2 Å². The lowest BCUT2D eigenvalue weighted by atomic mass is 9.72. The monoisotopic (exact) mass is 370 g/mol. The van der Waals surface area contributed by atoms with Crippen molar-refractivity contribution < 1.29 is 0 Å². The number of allylic oxidation sites excluding steroid dienone is 4. The van der Waals surface area contributed by atoms with E-state index in [1.807, 2.05) is 0 Å². The van der Waals surface area contributed by atoms with Gasteiger partial charge in [0.1, 0.15) is 0 Å². The van der Waals surface area contributed by atoms with E-state index >= 15 is 0 Å². The summed E-state index contributed by atoms with van der Waals surface area (Å²) in [6.45, 7) is 4.88. The van der Waals surface area contributed by atoms with E-state index in [9.17, 15) is 0 Å². The van der Waals surface area contributed by atoms with Gasteiger partial charge in [0.25, 0.3) is 0 Å². The van der Waals surface area contributed by atoms with E-state index in [1.165, 1.54) is 30.4 Å². The summed E-state index contributed by atoms with van der Waals surface area (Å²) in [6.07, 6.45) is 18.9. The molecule has 2 aromatic carbocycles. The zero-order chi connectivity index (χ0) is 19.6. The van der Waals surface area contributed by atoms with Crippen molar-refractivity contribution in [1.29, 1.82) is 0 Å². The molecule has 0 saturated carbocycles. The molecule has 2 aromatic rings. The molecular weight excluding hydrogens is 336 g/mol. The minimum atomic E-state index is 0.695. The minimum Gasteiger partial charge on any atom is -0.0883 e. The second kappa shape index (κ2) is 10.9. The Morgan fingerprint density at radius 1 is 0.821 bits per heavy atom. The van der Waals surface area contributed by atoms with E-state index < -0.39 is 0 Å². The van der Waals surface area contributed by atoms with Gasteiger partial charge in [0.05, 0.1) is 0 Å². The van der Waals surface area contributed by atoms with Crippen molar-refractivity contribution in [3.8, 4) is 0 Å². The summed E-state index contributed by atoms with van der Waals surface area (Å²) in [5, 5.41) is 0. The summed E-state index contributed by atoms with van der Waals surface area (Å²) in [6, 6.07) is 21.3. The first-order valence-electron chi connectivity index (χ1n) is 10.8. The second-order valence-electron chi connectivity index (χ2n) is 8.32. The summed E-state index contributed by atoms with van der Waals surface area (Å²) in [5.74, 6) is 2.93. The Morgan fingerprint density at radius 3 is 2.04 bits per heavy atom. The van der Waals surface area contributed by atoms with Crippen LogP contribution in [0.15, 0.2) is 85.0 Å². The van der Waals surface area contributed by atoms with Crippen LogP contribution >= 0.6 is 0 Å². The molecular formula is C28H34. The fraction of sp³-hybridized carbons (Fsp3) is 0.357. The molecule has 0 heteroatoms. The van der Waals surface area contributed by atoms with Crippen LogP contribution in [0.2, 0.25) is 0 Å². The van der Waals surface area contributed by atoms with Gasteiger partial charge in [-0.15, -0.1) is 0 Å². The van der Waals surface area contributed by atoms with Crippen molar-refractivity contribution in [3.05, 3.63) is 96.1 Å². The van der Waals surface area contributed by atoms with Gasteiger partial charge in [-0.2, -0.15) is 0 Å². The van der Waals surface area contributed by atoms with Crippen LogP contribution in [0.3, 0.4) is 0 Å². The summed E-state index contributed by atoms with van der Waals surface area (Å²) >= 11 is 0. The lowest BCUT2D eigenvalue weighted by molar-refractivity contribution is 0.187. The van der Waals surface area contributed by atoms with Gasteiger partial charge in [-0.05, 0) is 60.5 Å². The number of benzene rings is 2. The van der Waals surface area contributed by atoms with Gasteiger partial charge in [-0.3, -0.25) is 0 Å². The predicted molar refractivity (Wildman–Crippen MR) is 124 cm³/mol. The number of hydrogen-bond acceptors (Lipinski definition) is 0. The fourth-order valence-electron chi connectivity index (χ4n) is 4.48. The zero-order valence-electron chi connectivity index (χ0n) is 17.4. The van der Waals surface area contributed by atoms with Crippen LogP contribution in [-0.2, 0) is 0 Å². The lowest BCUT2D eigenvalue weighted by Gasteiger charge is -2.33. The van der Waals surface area contributed by atoms with E-state index in [2.05, 4.69) is 111 Å². The van der Waals surface area contributed by atoms with Gasteiger partial charge in [0.2, 0.25) is 0 Å². The van der Waals surface area contributed by atoms with Crippen LogP contribution in [-0.4, -0.2) is 0 Å². The Labute approximate surface area is 171 Å². The van der Waals surface area contributed by atoms with Crippen LogP contribution < -0.4 is 0 Å². The molecule has 0 aromatic heterocycles. The molecule has 0 radical (unpaired) electrons. The average Bonchev–Trinajstić information content (AvgIpc) is 2.91. The maximum Gasteiger partial charge on any atom is -0.0260 e. The Kier molecular flexibility index (Phi) is 7.91. The molecule has 4 unspecified atom stereocenters. The van der Waals surface area contributed by atoms with E-state index in [1.54, 1.807) is 0 Å². The van der Waals surface area contributed by atoms with Crippen molar-refractivity contribution in [1.82, 2.24) is 0 Å². The standard InChI is InChI=1S/C28H34/c1-23-13-9-10-21-27(24(2)14-11-19-25-15-5-3-6-16-25)28(23)22-12-20-26-17-7-4-8-18-26/h3-12,15-20,23-24,27-28H,13-14,21-22H2,1-2H3. The largest absolute Gasteiger partial charge is 0.0883 e. The molecule has 3 rings (SSSR count).